The first-order valence-electron chi connectivity index (χ1n) is 7.02. The Morgan fingerprint density at radius 3 is 2.89 bits per heavy atom. The van der Waals surface area contributed by atoms with Crippen molar-refractivity contribution in [2.24, 2.45) is 5.92 Å². The molecule has 1 saturated heterocycles. The van der Waals surface area contributed by atoms with E-state index in [9.17, 15) is 0 Å². The van der Waals surface area contributed by atoms with E-state index in [-0.39, 0.29) is 11.5 Å². The van der Waals surface area contributed by atoms with Gasteiger partial charge in [0, 0.05) is 12.6 Å². The van der Waals surface area contributed by atoms with Crippen molar-refractivity contribution in [3.8, 4) is 0 Å². The van der Waals surface area contributed by atoms with E-state index in [1.165, 1.54) is 11.1 Å². The molecule has 3 atom stereocenters. The molecule has 1 aromatic rings. The number of hydrogen-bond acceptors (Lipinski definition) is 2. The maximum absolute atomic E-state index is 6.18. The third-order valence-electron chi connectivity index (χ3n) is 4.38. The van der Waals surface area contributed by atoms with Crippen molar-refractivity contribution in [2.75, 3.05) is 13.2 Å². The van der Waals surface area contributed by atoms with E-state index in [0.29, 0.717) is 12.0 Å². The Labute approximate surface area is 110 Å². The third kappa shape index (κ3) is 1.98. The van der Waals surface area contributed by atoms with Gasteiger partial charge in [-0.2, -0.15) is 0 Å². The van der Waals surface area contributed by atoms with Crippen molar-refractivity contribution >= 4 is 0 Å². The largest absolute Gasteiger partial charge is 0.372 e. The molecule has 1 fully saturated rings. The summed E-state index contributed by atoms with van der Waals surface area (Å²) in [7, 11) is 0. The van der Waals surface area contributed by atoms with Crippen LogP contribution in [0.3, 0.4) is 0 Å². The van der Waals surface area contributed by atoms with E-state index in [0.717, 1.165) is 19.6 Å². The first kappa shape index (κ1) is 12.2. The summed E-state index contributed by atoms with van der Waals surface area (Å²) < 4.78 is 6.18. The molecule has 0 radical (unpaired) electrons. The number of benzene rings is 1. The summed E-state index contributed by atoms with van der Waals surface area (Å²) in [6.07, 6.45) is 1.39. The Morgan fingerprint density at radius 1 is 1.28 bits per heavy atom. The summed E-state index contributed by atoms with van der Waals surface area (Å²) in [6.45, 7) is 8.87. The van der Waals surface area contributed by atoms with Crippen LogP contribution in [0, 0.1) is 5.92 Å². The second-order valence-electron chi connectivity index (χ2n) is 6.55. The highest BCUT2D eigenvalue weighted by atomic mass is 16.5. The van der Waals surface area contributed by atoms with E-state index in [2.05, 4.69) is 50.4 Å². The summed E-state index contributed by atoms with van der Waals surface area (Å²) in [4.78, 5) is 0. The molecule has 98 valence electrons. The van der Waals surface area contributed by atoms with Crippen LogP contribution in [-0.4, -0.2) is 19.2 Å². The van der Waals surface area contributed by atoms with Gasteiger partial charge in [0.1, 0.15) is 0 Å². The Kier molecular flexibility index (Phi) is 2.95. The normalized spacial score (nSPS) is 34.3. The standard InChI is InChI=1S/C16H23NO/c1-11-9-17-14-8-16(2,3)13-7-5-4-6-12(13)15(14)18-10-11/h4-7,11,14-15,17H,8-10H2,1-3H3. The zero-order chi connectivity index (χ0) is 12.8. The summed E-state index contributed by atoms with van der Waals surface area (Å²) in [6, 6.07) is 9.25. The lowest BCUT2D eigenvalue weighted by Crippen LogP contribution is -2.44. The lowest BCUT2D eigenvalue weighted by molar-refractivity contribution is 0.0160. The molecule has 1 aliphatic heterocycles. The van der Waals surface area contributed by atoms with Crippen LogP contribution in [-0.2, 0) is 10.2 Å². The highest BCUT2D eigenvalue weighted by Gasteiger charge is 2.40. The van der Waals surface area contributed by atoms with Crippen LogP contribution < -0.4 is 5.32 Å². The maximum atomic E-state index is 6.18. The second-order valence-corrected chi connectivity index (χ2v) is 6.55. The molecule has 0 aromatic heterocycles. The van der Waals surface area contributed by atoms with Gasteiger partial charge < -0.3 is 10.1 Å². The van der Waals surface area contributed by atoms with Crippen molar-refractivity contribution in [2.45, 2.75) is 44.8 Å². The Bertz CT molecular complexity index is 440. The van der Waals surface area contributed by atoms with E-state index < -0.39 is 0 Å². The summed E-state index contributed by atoms with van der Waals surface area (Å²) in [5.74, 6) is 0.603. The lowest BCUT2D eigenvalue weighted by Gasteiger charge is -2.41. The van der Waals surface area contributed by atoms with Crippen LogP contribution in [0.1, 0.15) is 44.4 Å². The van der Waals surface area contributed by atoms with Gasteiger partial charge in [0.25, 0.3) is 0 Å². The minimum atomic E-state index is 0.235. The smallest absolute Gasteiger partial charge is 0.0981 e. The van der Waals surface area contributed by atoms with Crippen molar-refractivity contribution in [1.29, 1.82) is 0 Å². The highest BCUT2D eigenvalue weighted by molar-refractivity contribution is 5.39. The van der Waals surface area contributed by atoms with Crippen LogP contribution in [0.5, 0.6) is 0 Å². The summed E-state index contributed by atoms with van der Waals surface area (Å²) in [5.41, 5.74) is 3.09. The fraction of sp³-hybridized carbons (Fsp3) is 0.625. The van der Waals surface area contributed by atoms with Gasteiger partial charge in [-0.15, -0.1) is 0 Å². The average molecular weight is 245 g/mol. The quantitative estimate of drug-likeness (QED) is 0.758. The molecule has 3 rings (SSSR count). The van der Waals surface area contributed by atoms with E-state index in [1.807, 2.05) is 0 Å². The van der Waals surface area contributed by atoms with Gasteiger partial charge in [0.05, 0.1) is 12.7 Å². The van der Waals surface area contributed by atoms with Gasteiger partial charge in [-0.25, -0.2) is 0 Å². The summed E-state index contributed by atoms with van der Waals surface area (Å²) >= 11 is 0. The molecular formula is C16H23NO. The minimum absolute atomic E-state index is 0.235. The van der Waals surface area contributed by atoms with Crippen molar-refractivity contribution in [3.05, 3.63) is 35.4 Å². The van der Waals surface area contributed by atoms with Crippen molar-refractivity contribution < 1.29 is 4.74 Å². The molecule has 18 heavy (non-hydrogen) atoms. The zero-order valence-electron chi connectivity index (χ0n) is 11.6. The monoisotopic (exact) mass is 245 g/mol. The molecule has 0 amide bonds. The first-order valence-corrected chi connectivity index (χ1v) is 7.02. The molecule has 0 saturated carbocycles. The molecule has 1 aliphatic carbocycles. The molecular weight excluding hydrogens is 222 g/mol. The predicted molar refractivity (Wildman–Crippen MR) is 73.7 cm³/mol. The number of nitrogens with one attached hydrogen (secondary N) is 1. The molecule has 2 aliphatic rings. The fourth-order valence-electron chi connectivity index (χ4n) is 3.41. The molecule has 1 N–H and O–H groups in total. The lowest BCUT2D eigenvalue weighted by atomic mass is 9.69. The Hall–Kier alpha value is -0.860. The van der Waals surface area contributed by atoms with Crippen LogP contribution >= 0.6 is 0 Å². The molecule has 3 unspecified atom stereocenters. The zero-order valence-corrected chi connectivity index (χ0v) is 11.6. The van der Waals surface area contributed by atoms with Crippen LogP contribution in [0.4, 0.5) is 0 Å². The predicted octanol–water partition coefficient (Wildman–Crippen LogP) is 3.03. The molecule has 1 aromatic carbocycles. The maximum Gasteiger partial charge on any atom is 0.0981 e. The van der Waals surface area contributed by atoms with Gasteiger partial charge in [-0.1, -0.05) is 45.0 Å². The molecule has 2 heteroatoms. The van der Waals surface area contributed by atoms with E-state index >= 15 is 0 Å². The van der Waals surface area contributed by atoms with Gasteiger partial charge in [0.2, 0.25) is 0 Å². The summed E-state index contributed by atoms with van der Waals surface area (Å²) in [5, 5.41) is 3.70. The second kappa shape index (κ2) is 4.36. The Balaban J connectivity index is 2.02. The molecule has 0 bridgehead atoms. The number of rotatable bonds is 0. The van der Waals surface area contributed by atoms with E-state index in [1.54, 1.807) is 0 Å². The third-order valence-corrected chi connectivity index (χ3v) is 4.38. The van der Waals surface area contributed by atoms with Crippen molar-refractivity contribution in [1.82, 2.24) is 5.32 Å². The molecule has 0 spiro atoms. The molecule has 2 nitrogen and oxygen atoms in total. The number of hydrogen-bond donors (Lipinski definition) is 1. The Morgan fingerprint density at radius 2 is 2.06 bits per heavy atom. The van der Waals surface area contributed by atoms with Crippen LogP contribution in [0.25, 0.3) is 0 Å². The average Bonchev–Trinajstić information content (AvgIpc) is 2.52. The van der Waals surface area contributed by atoms with Gasteiger partial charge >= 0.3 is 0 Å². The minimum Gasteiger partial charge on any atom is -0.372 e. The van der Waals surface area contributed by atoms with Crippen LogP contribution in [0.2, 0.25) is 0 Å². The van der Waals surface area contributed by atoms with Crippen LogP contribution in [0.15, 0.2) is 24.3 Å². The van der Waals surface area contributed by atoms with Gasteiger partial charge in [-0.3, -0.25) is 0 Å². The first-order chi connectivity index (χ1) is 8.58. The van der Waals surface area contributed by atoms with Crippen molar-refractivity contribution in [3.63, 3.8) is 0 Å². The number of ether oxygens (including phenoxy) is 1. The highest BCUT2D eigenvalue weighted by Crippen LogP contribution is 2.43. The van der Waals surface area contributed by atoms with Gasteiger partial charge in [0.15, 0.2) is 0 Å². The molecule has 1 heterocycles. The fourth-order valence-corrected chi connectivity index (χ4v) is 3.41. The van der Waals surface area contributed by atoms with E-state index in [4.69, 9.17) is 4.74 Å². The topological polar surface area (TPSA) is 21.3 Å². The SMILES string of the molecule is CC1CNC2CC(C)(C)c3ccccc3C2OC1. The number of fused-ring (bicyclic) bond motifs is 3. The van der Waals surface area contributed by atoms with Gasteiger partial charge in [-0.05, 0) is 28.9 Å².